The van der Waals surface area contributed by atoms with E-state index < -0.39 is 63.3 Å². The van der Waals surface area contributed by atoms with Gasteiger partial charge >= 0.3 is 23.9 Å². The molecule has 0 heterocycles. The van der Waals surface area contributed by atoms with Gasteiger partial charge in [-0.3, -0.25) is 9.59 Å². The Bertz CT molecular complexity index is 573. The highest BCUT2D eigenvalue weighted by atomic mass is 16.7. The molecule has 0 aromatic carbocycles. The Balaban J connectivity index is 3.83. The predicted octanol–water partition coefficient (Wildman–Crippen LogP) is -0.323. The molecule has 0 aliphatic rings. The first-order valence-corrected chi connectivity index (χ1v) is 8.58. The largest absolute Gasteiger partial charge is 0.460 e. The molecule has 0 radical (unpaired) electrons. The van der Waals surface area contributed by atoms with E-state index in [1.807, 2.05) is 0 Å². The molecular weight excluding hydrogens is 408 g/mol. The highest BCUT2D eigenvalue weighted by Gasteiger charge is 2.15. The molecule has 2 unspecified atom stereocenters. The number of carbonyl (C=O) groups is 4. The molecule has 0 saturated carbocycles. The molecule has 0 saturated heterocycles. The highest BCUT2D eigenvalue weighted by Crippen LogP contribution is 2.01. The number of esters is 4. The Morgan fingerprint density at radius 3 is 1.33 bits per heavy atom. The third kappa shape index (κ3) is 14.2. The Morgan fingerprint density at radius 2 is 1.03 bits per heavy atom. The summed E-state index contributed by atoms with van der Waals surface area (Å²) in [6, 6.07) is 0. The zero-order valence-corrected chi connectivity index (χ0v) is 16.8. The number of hydrogen-bond acceptors (Lipinski definition) is 12. The van der Waals surface area contributed by atoms with Crippen molar-refractivity contribution in [1.29, 1.82) is 0 Å². The van der Waals surface area contributed by atoms with E-state index in [1.165, 1.54) is 13.8 Å². The van der Waals surface area contributed by atoms with Gasteiger partial charge in [0.2, 0.25) is 0 Å². The van der Waals surface area contributed by atoms with Crippen LogP contribution < -0.4 is 0 Å². The number of hydrogen-bond donors (Lipinski definition) is 2. The lowest BCUT2D eigenvalue weighted by Gasteiger charge is -2.13. The number of rotatable bonds is 15. The molecule has 12 nitrogen and oxygen atoms in total. The van der Waals surface area contributed by atoms with Crippen molar-refractivity contribution in [3.8, 4) is 0 Å². The van der Waals surface area contributed by atoms with Crippen LogP contribution in [0.2, 0.25) is 0 Å². The third-order valence-electron chi connectivity index (χ3n) is 2.90. The van der Waals surface area contributed by atoms with Crippen LogP contribution in [0.5, 0.6) is 0 Å². The van der Waals surface area contributed by atoms with Crippen molar-refractivity contribution in [3.05, 3.63) is 24.3 Å². The van der Waals surface area contributed by atoms with Gasteiger partial charge in [-0.1, -0.05) is 13.2 Å². The van der Waals surface area contributed by atoms with E-state index in [0.717, 1.165) is 0 Å². The van der Waals surface area contributed by atoms with Gasteiger partial charge in [0.15, 0.2) is 26.2 Å². The van der Waals surface area contributed by atoms with Crippen molar-refractivity contribution in [2.45, 2.75) is 39.3 Å². The summed E-state index contributed by atoms with van der Waals surface area (Å²) in [5.41, 5.74) is 0.299. The first-order chi connectivity index (χ1) is 14.0. The van der Waals surface area contributed by atoms with Gasteiger partial charge in [-0.25, -0.2) is 9.59 Å². The Hall–Kier alpha value is -2.80. The van der Waals surface area contributed by atoms with Crippen molar-refractivity contribution >= 4 is 23.9 Å². The summed E-state index contributed by atoms with van der Waals surface area (Å²) in [5.74, 6) is -3.06. The normalized spacial score (nSPS) is 12.3. The summed E-state index contributed by atoms with van der Waals surface area (Å²) in [5, 5.41) is 18.9. The number of aliphatic hydroxyl groups excluding tert-OH is 2. The molecule has 0 aliphatic heterocycles. The Labute approximate surface area is 172 Å². The topological polar surface area (TPSA) is 164 Å². The van der Waals surface area contributed by atoms with E-state index >= 15 is 0 Å². The van der Waals surface area contributed by atoms with Gasteiger partial charge in [-0.15, -0.1) is 0 Å². The molecule has 0 aliphatic carbocycles. The summed E-state index contributed by atoms with van der Waals surface area (Å²) in [7, 11) is 0. The fourth-order valence-corrected chi connectivity index (χ4v) is 1.35. The minimum Gasteiger partial charge on any atom is -0.460 e. The van der Waals surface area contributed by atoms with Crippen molar-refractivity contribution in [3.63, 3.8) is 0 Å². The number of aliphatic hydroxyl groups is 2. The summed E-state index contributed by atoms with van der Waals surface area (Å²) >= 11 is 0. The number of ether oxygens (including phenoxy) is 6. The van der Waals surface area contributed by atoms with E-state index in [0.29, 0.717) is 0 Å². The average Bonchev–Trinajstić information content (AvgIpc) is 2.68. The Kier molecular flexibility index (Phi) is 13.7. The molecule has 2 N–H and O–H groups in total. The molecule has 0 spiro atoms. The fraction of sp³-hybridized carbons (Fsp3) is 0.556. The van der Waals surface area contributed by atoms with Crippen molar-refractivity contribution < 1.29 is 57.8 Å². The van der Waals surface area contributed by atoms with Gasteiger partial charge in [0.1, 0.15) is 13.2 Å². The quantitative estimate of drug-likeness (QED) is 0.150. The molecule has 30 heavy (non-hydrogen) atoms. The van der Waals surface area contributed by atoms with Crippen LogP contribution in [-0.2, 0) is 47.6 Å². The molecular formula is C18H26O12. The summed E-state index contributed by atoms with van der Waals surface area (Å²) < 4.78 is 27.9. The van der Waals surface area contributed by atoms with Gasteiger partial charge in [-0.05, 0) is 13.8 Å². The molecule has 170 valence electrons. The maximum Gasteiger partial charge on any atom is 0.335 e. The van der Waals surface area contributed by atoms with Crippen LogP contribution in [0.3, 0.4) is 0 Å². The van der Waals surface area contributed by atoms with Crippen LogP contribution in [-0.4, -0.2) is 73.5 Å². The highest BCUT2D eigenvalue weighted by molar-refractivity contribution is 5.87. The fourth-order valence-electron chi connectivity index (χ4n) is 1.35. The lowest BCUT2D eigenvalue weighted by molar-refractivity contribution is -0.199. The number of carbonyl (C=O) groups excluding carboxylic acids is 4. The van der Waals surface area contributed by atoms with Crippen LogP contribution in [0, 0.1) is 0 Å². The van der Waals surface area contributed by atoms with E-state index in [2.05, 4.69) is 41.6 Å². The minimum atomic E-state index is -1.54. The first-order valence-electron chi connectivity index (χ1n) is 8.58. The van der Waals surface area contributed by atoms with Gasteiger partial charge in [0, 0.05) is 11.1 Å². The molecule has 0 aromatic rings. The van der Waals surface area contributed by atoms with Crippen LogP contribution in [0.15, 0.2) is 24.3 Å². The zero-order chi connectivity index (χ0) is 23.1. The lowest BCUT2D eigenvalue weighted by Crippen LogP contribution is -2.25. The SMILES string of the molecule is C=C(C)C(=O)OCOC(O)COC(=O)CCC(=O)OCC(O)OCOC(=O)C(=C)C. The van der Waals surface area contributed by atoms with Crippen LogP contribution in [0.4, 0.5) is 0 Å². The summed E-state index contributed by atoms with van der Waals surface area (Å²) in [4.78, 5) is 45.2. The van der Waals surface area contributed by atoms with E-state index in [1.54, 1.807) is 0 Å². The Morgan fingerprint density at radius 1 is 0.700 bits per heavy atom. The standard InChI is InChI=1S/C18H26O12/c1-11(2)17(23)29-9-27-15(21)7-25-13(19)5-6-14(20)26-8-16(22)28-10-30-18(24)12(3)4/h15-16,21-22H,1,3,5-10H2,2,4H3. The monoisotopic (exact) mass is 434 g/mol. The second kappa shape index (κ2) is 15.1. The molecule has 0 bridgehead atoms. The molecule has 0 rings (SSSR count). The summed E-state index contributed by atoms with van der Waals surface area (Å²) in [6.07, 6.45) is -3.79. The average molecular weight is 434 g/mol. The second-order valence-electron chi connectivity index (χ2n) is 5.77. The van der Waals surface area contributed by atoms with Gasteiger partial charge in [0.05, 0.1) is 12.8 Å². The molecule has 0 amide bonds. The zero-order valence-electron chi connectivity index (χ0n) is 16.8. The molecule has 0 aromatic heterocycles. The smallest absolute Gasteiger partial charge is 0.335 e. The van der Waals surface area contributed by atoms with Crippen LogP contribution in [0.25, 0.3) is 0 Å². The van der Waals surface area contributed by atoms with Gasteiger partial charge in [0.25, 0.3) is 0 Å². The minimum absolute atomic E-state index is 0.150. The summed E-state index contributed by atoms with van der Waals surface area (Å²) in [6.45, 7) is 7.35. The second-order valence-corrected chi connectivity index (χ2v) is 5.77. The van der Waals surface area contributed by atoms with Gasteiger partial charge in [-0.2, -0.15) is 0 Å². The maximum absolute atomic E-state index is 11.5. The molecule has 12 heteroatoms. The van der Waals surface area contributed by atoms with Gasteiger partial charge < -0.3 is 38.6 Å². The van der Waals surface area contributed by atoms with Crippen molar-refractivity contribution in [1.82, 2.24) is 0 Å². The molecule has 0 fully saturated rings. The first kappa shape index (κ1) is 27.2. The lowest BCUT2D eigenvalue weighted by atomic mass is 10.3. The van der Waals surface area contributed by atoms with E-state index in [-0.39, 0.29) is 24.0 Å². The third-order valence-corrected chi connectivity index (χ3v) is 2.90. The maximum atomic E-state index is 11.5. The molecule has 2 atom stereocenters. The van der Waals surface area contributed by atoms with Crippen molar-refractivity contribution in [2.24, 2.45) is 0 Å². The van der Waals surface area contributed by atoms with E-state index in [4.69, 9.17) is 0 Å². The van der Waals surface area contributed by atoms with Crippen LogP contribution >= 0.6 is 0 Å². The van der Waals surface area contributed by atoms with Crippen molar-refractivity contribution in [2.75, 3.05) is 26.8 Å². The van der Waals surface area contributed by atoms with E-state index in [9.17, 15) is 29.4 Å². The van der Waals surface area contributed by atoms with Crippen LogP contribution in [0.1, 0.15) is 26.7 Å². The predicted molar refractivity (Wildman–Crippen MR) is 96.9 cm³/mol.